The fourth-order valence-corrected chi connectivity index (χ4v) is 2.57. The van der Waals surface area contributed by atoms with E-state index in [-0.39, 0.29) is 18.0 Å². The van der Waals surface area contributed by atoms with Crippen molar-refractivity contribution < 1.29 is 18.7 Å². The number of aromatic nitrogens is 1. The van der Waals surface area contributed by atoms with E-state index in [4.69, 9.17) is 15.2 Å². The number of nitrogens with one attached hydrogen (secondary N) is 1. The first-order chi connectivity index (χ1) is 12.1. The third-order valence-electron chi connectivity index (χ3n) is 3.10. The van der Waals surface area contributed by atoms with Gasteiger partial charge in [0.15, 0.2) is 5.13 Å². The highest BCUT2D eigenvalue weighted by molar-refractivity contribution is 7.17. The van der Waals surface area contributed by atoms with Crippen LogP contribution < -0.4 is 15.8 Å². The van der Waals surface area contributed by atoms with E-state index in [1.54, 1.807) is 6.07 Å². The van der Waals surface area contributed by atoms with E-state index in [2.05, 4.69) is 10.3 Å². The molecular weight excluding hydrogens is 345 g/mol. The smallest absolute Gasteiger partial charge is 0.413 e. The Bertz CT molecular complexity index is 871. The molecule has 0 spiro atoms. The highest BCUT2D eigenvalue weighted by Crippen LogP contribution is 2.31. The van der Waals surface area contributed by atoms with E-state index in [0.717, 1.165) is 16.9 Å². The fourth-order valence-electron chi connectivity index (χ4n) is 1.90. The quantitative estimate of drug-likeness (QED) is 0.659. The molecule has 0 saturated carbocycles. The SMILES string of the molecule is Nc1ccc(Oc2cnc(NC(=O)OCc3ccccc3)s2)cc1F. The van der Waals surface area contributed by atoms with Gasteiger partial charge in [-0.1, -0.05) is 41.7 Å². The average molecular weight is 359 g/mol. The van der Waals surface area contributed by atoms with Gasteiger partial charge < -0.3 is 15.2 Å². The van der Waals surface area contributed by atoms with Crippen LogP contribution in [0.15, 0.2) is 54.7 Å². The molecule has 0 bridgehead atoms. The molecular formula is C17H14FN3O3S. The van der Waals surface area contributed by atoms with Gasteiger partial charge in [0, 0.05) is 6.07 Å². The lowest BCUT2D eigenvalue weighted by atomic mass is 10.2. The number of nitrogens with zero attached hydrogens (tertiary/aromatic N) is 1. The van der Waals surface area contributed by atoms with Gasteiger partial charge in [0.25, 0.3) is 0 Å². The summed E-state index contributed by atoms with van der Waals surface area (Å²) in [7, 11) is 0. The standard InChI is InChI=1S/C17H14FN3O3S/c18-13-8-12(6-7-14(13)19)24-15-9-20-16(25-15)21-17(22)23-10-11-4-2-1-3-5-11/h1-9H,10,19H2,(H,20,21,22). The molecule has 0 unspecified atom stereocenters. The minimum Gasteiger partial charge on any atom is -0.445 e. The highest BCUT2D eigenvalue weighted by Gasteiger charge is 2.10. The third kappa shape index (κ3) is 4.67. The van der Waals surface area contributed by atoms with Gasteiger partial charge in [-0.2, -0.15) is 0 Å². The van der Waals surface area contributed by atoms with E-state index < -0.39 is 11.9 Å². The van der Waals surface area contributed by atoms with Crippen LogP contribution in [0.25, 0.3) is 0 Å². The second-order valence-corrected chi connectivity index (χ2v) is 5.95. The van der Waals surface area contributed by atoms with Crippen molar-refractivity contribution in [3.63, 3.8) is 0 Å². The average Bonchev–Trinajstić information content (AvgIpc) is 3.04. The van der Waals surface area contributed by atoms with Gasteiger partial charge in [0.2, 0.25) is 5.06 Å². The third-order valence-corrected chi connectivity index (χ3v) is 3.89. The van der Waals surface area contributed by atoms with Crippen LogP contribution in [0.3, 0.4) is 0 Å². The van der Waals surface area contributed by atoms with Gasteiger partial charge in [-0.05, 0) is 17.7 Å². The van der Waals surface area contributed by atoms with E-state index in [0.29, 0.717) is 10.2 Å². The molecule has 0 aliphatic rings. The minimum atomic E-state index is -0.622. The van der Waals surface area contributed by atoms with Gasteiger partial charge in [0.05, 0.1) is 11.9 Å². The Labute approximate surface area is 147 Å². The summed E-state index contributed by atoms with van der Waals surface area (Å²) in [6, 6.07) is 13.4. The summed E-state index contributed by atoms with van der Waals surface area (Å²) in [6.07, 6.45) is 0.800. The van der Waals surface area contributed by atoms with Crippen LogP contribution in [0.4, 0.5) is 20.0 Å². The molecule has 1 aromatic heterocycles. The molecule has 0 aliphatic heterocycles. The van der Waals surface area contributed by atoms with Crippen molar-refractivity contribution in [3.8, 4) is 10.8 Å². The number of nitrogen functional groups attached to an aromatic ring is 1. The van der Waals surface area contributed by atoms with E-state index in [9.17, 15) is 9.18 Å². The molecule has 6 nitrogen and oxygen atoms in total. The van der Waals surface area contributed by atoms with Crippen LogP contribution in [0.2, 0.25) is 0 Å². The Kier molecular flexibility index (Phi) is 5.10. The largest absolute Gasteiger partial charge is 0.445 e. The van der Waals surface area contributed by atoms with Gasteiger partial charge in [-0.3, -0.25) is 5.32 Å². The number of thiazole rings is 1. The molecule has 2 aromatic carbocycles. The number of carbonyl (C=O) groups is 1. The van der Waals surface area contributed by atoms with Gasteiger partial charge >= 0.3 is 6.09 Å². The maximum Gasteiger partial charge on any atom is 0.413 e. The number of nitrogens with two attached hydrogens (primary N) is 1. The van der Waals surface area contributed by atoms with Crippen LogP contribution in [-0.2, 0) is 11.3 Å². The maximum absolute atomic E-state index is 13.4. The van der Waals surface area contributed by atoms with E-state index in [1.165, 1.54) is 18.3 Å². The zero-order valence-corrected chi connectivity index (χ0v) is 13.8. The minimum absolute atomic E-state index is 0.0418. The highest BCUT2D eigenvalue weighted by atomic mass is 32.1. The predicted octanol–water partition coefficient (Wildman–Crippen LogP) is 4.41. The van der Waals surface area contributed by atoms with Crippen molar-refractivity contribution in [2.24, 2.45) is 0 Å². The number of hydrogen-bond donors (Lipinski definition) is 2. The van der Waals surface area contributed by atoms with Crippen molar-refractivity contribution in [3.05, 3.63) is 66.1 Å². The summed E-state index contributed by atoms with van der Waals surface area (Å²) >= 11 is 1.09. The molecule has 3 rings (SSSR count). The summed E-state index contributed by atoms with van der Waals surface area (Å²) in [4.78, 5) is 15.8. The molecule has 0 fully saturated rings. The van der Waals surface area contributed by atoms with Crippen LogP contribution in [0.5, 0.6) is 10.8 Å². The lowest BCUT2D eigenvalue weighted by molar-refractivity contribution is 0.155. The summed E-state index contributed by atoms with van der Waals surface area (Å²) in [5, 5.41) is 3.21. The van der Waals surface area contributed by atoms with Crippen LogP contribution >= 0.6 is 11.3 Å². The summed E-state index contributed by atoms with van der Waals surface area (Å²) in [6.45, 7) is 0.159. The summed E-state index contributed by atoms with van der Waals surface area (Å²) in [5.41, 5.74) is 6.33. The molecule has 0 radical (unpaired) electrons. The Morgan fingerprint density at radius 2 is 2.04 bits per heavy atom. The molecule has 0 aliphatic carbocycles. The summed E-state index contributed by atoms with van der Waals surface area (Å²) in [5.74, 6) is -0.279. The predicted molar refractivity (Wildman–Crippen MR) is 93.3 cm³/mol. The van der Waals surface area contributed by atoms with E-state index >= 15 is 0 Å². The fraction of sp³-hybridized carbons (Fsp3) is 0.0588. The Hall–Kier alpha value is -3.13. The molecule has 3 aromatic rings. The van der Waals surface area contributed by atoms with Crippen molar-refractivity contribution in [1.82, 2.24) is 4.98 Å². The van der Waals surface area contributed by atoms with Gasteiger partial charge in [-0.25, -0.2) is 14.2 Å². The molecule has 3 N–H and O–H groups in total. The number of ether oxygens (including phenoxy) is 2. The number of hydrogen-bond acceptors (Lipinski definition) is 6. The number of anilines is 2. The lowest BCUT2D eigenvalue weighted by Gasteiger charge is -2.05. The molecule has 25 heavy (non-hydrogen) atoms. The topological polar surface area (TPSA) is 86.5 Å². The van der Waals surface area contributed by atoms with Crippen LogP contribution in [0, 0.1) is 5.82 Å². The van der Waals surface area contributed by atoms with Crippen LogP contribution in [0.1, 0.15) is 5.56 Å². The second-order valence-electron chi connectivity index (χ2n) is 4.96. The van der Waals surface area contributed by atoms with Crippen molar-refractivity contribution in [2.45, 2.75) is 6.61 Å². The first-order valence-electron chi connectivity index (χ1n) is 7.26. The number of rotatable bonds is 5. The first kappa shape index (κ1) is 16.7. The van der Waals surface area contributed by atoms with Gasteiger partial charge in [0.1, 0.15) is 18.2 Å². The zero-order valence-electron chi connectivity index (χ0n) is 12.9. The normalized spacial score (nSPS) is 10.3. The Balaban J connectivity index is 1.54. The summed E-state index contributed by atoms with van der Waals surface area (Å²) < 4.78 is 24.0. The molecule has 8 heteroatoms. The van der Waals surface area contributed by atoms with Gasteiger partial charge in [-0.15, -0.1) is 0 Å². The van der Waals surface area contributed by atoms with Crippen molar-refractivity contribution in [1.29, 1.82) is 0 Å². The first-order valence-corrected chi connectivity index (χ1v) is 8.08. The Morgan fingerprint density at radius 3 is 2.80 bits per heavy atom. The molecule has 0 atom stereocenters. The molecule has 128 valence electrons. The van der Waals surface area contributed by atoms with Crippen molar-refractivity contribution >= 4 is 28.2 Å². The molecule has 1 heterocycles. The maximum atomic E-state index is 13.4. The lowest BCUT2D eigenvalue weighted by Crippen LogP contribution is -2.13. The van der Waals surface area contributed by atoms with E-state index in [1.807, 2.05) is 30.3 Å². The van der Waals surface area contributed by atoms with Crippen molar-refractivity contribution in [2.75, 3.05) is 11.1 Å². The molecule has 0 saturated heterocycles. The number of halogens is 1. The molecule has 1 amide bonds. The van der Waals surface area contributed by atoms with Crippen LogP contribution in [-0.4, -0.2) is 11.1 Å². The number of carbonyl (C=O) groups excluding carboxylic acids is 1. The number of benzene rings is 2. The number of amides is 1. The Morgan fingerprint density at radius 1 is 1.24 bits per heavy atom. The monoisotopic (exact) mass is 359 g/mol. The zero-order chi connectivity index (χ0) is 17.6. The second kappa shape index (κ2) is 7.63.